The number of carboxylic acids is 3. The molecule has 1 aromatic heterocycles. The molecule has 0 amide bonds. The van der Waals surface area contributed by atoms with Gasteiger partial charge in [-0.25, -0.2) is 14.6 Å². The minimum atomic E-state index is -4.41. The zero-order chi connectivity index (χ0) is 21.4. The molecule has 0 bridgehead atoms. The van der Waals surface area contributed by atoms with Gasteiger partial charge in [0.1, 0.15) is 6.04 Å². The van der Waals surface area contributed by atoms with E-state index in [2.05, 4.69) is 4.52 Å². The van der Waals surface area contributed by atoms with Crippen LogP contribution < -0.4 is 17.2 Å². The molecule has 1 heterocycles. The molecule has 1 aromatic rings. The number of hydrogen-bond acceptors (Lipinski definition) is 8. The summed E-state index contributed by atoms with van der Waals surface area (Å²) in [6, 6.07) is -1.28. The van der Waals surface area contributed by atoms with Gasteiger partial charge in [0.05, 0.1) is 18.6 Å². The molecule has 2 atom stereocenters. The van der Waals surface area contributed by atoms with Gasteiger partial charge in [0.25, 0.3) is 0 Å². The van der Waals surface area contributed by atoms with E-state index in [9.17, 15) is 28.5 Å². The number of nitrogens with zero attached hydrogens (tertiary/aromatic N) is 1. The first-order chi connectivity index (χ1) is 12.2. The van der Waals surface area contributed by atoms with Gasteiger partial charge >= 0.3 is 36.9 Å². The number of rotatable bonds is 9. The predicted molar refractivity (Wildman–Crippen MR) is 84.1 cm³/mol. The van der Waals surface area contributed by atoms with Gasteiger partial charge in [-0.3, -0.25) is 18.9 Å². The molecular formula is C11H18N3O12P. The van der Waals surface area contributed by atoms with Gasteiger partial charge in [0.15, 0.2) is 0 Å². The van der Waals surface area contributed by atoms with Crippen molar-refractivity contribution in [3.05, 3.63) is 21.0 Å². The van der Waals surface area contributed by atoms with Crippen LogP contribution in [0.25, 0.3) is 0 Å². The van der Waals surface area contributed by atoms with Gasteiger partial charge in [-0.2, -0.15) is 0 Å². The molecule has 0 radical (unpaired) electrons. The van der Waals surface area contributed by atoms with Crippen molar-refractivity contribution in [3.63, 3.8) is 0 Å². The number of carboxylic acid groups (broad SMARTS) is 3. The van der Waals surface area contributed by atoms with Crippen molar-refractivity contribution in [2.24, 2.45) is 11.7 Å². The highest BCUT2D eigenvalue weighted by Crippen LogP contribution is 2.38. The smallest absolute Gasteiger partial charge is 0.440 e. The molecule has 1 unspecified atom stereocenters. The van der Waals surface area contributed by atoms with Crippen LogP contribution in [0.4, 0.5) is 0 Å². The molecular weight excluding hydrogens is 397 g/mol. The van der Waals surface area contributed by atoms with Crippen LogP contribution in [0.15, 0.2) is 14.1 Å². The maximum atomic E-state index is 10.8. The predicted octanol–water partition coefficient (Wildman–Crippen LogP) is -2.73. The second-order valence-electron chi connectivity index (χ2n) is 5.13. The largest absolute Gasteiger partial charge is 0.481 e. The molecule has 0 saturated heterocycles. The number of H-pyrrole nitrogens is 1. The standard InChI is InChI=1S/C6H11O7P.C5H7N3O5/c7-5(8)2-1-4(6(9)10)3-14(11,12)13;6-2(3(9)10)1-8-4(11)7-5(12)13-8/h4H,1-3H2,(H,7,8)(H,9,10)(H2,11,12,13);2H,1,6H2,(H,9,10)(H,7,11,12)/t;2-/m.0/s1. The fourth-order valence-electron chi connectivity index (χ4n) is 1.57. The highest BCUT2D eigenvalue weighted by Gasteiger charge is 2.27. The quantitative estimate of drug-likeness (QED) is 0.202. The number of aromatic nitrogens is 2. The van der Waals surface area contributed by atoms with Crippen molar-refractivity contribution in [1.82, 2.24) is 9.72 Å². The number of hydrogen-bond donors (Lipinski definition) is 7. The van der Waals surface area contributed by atoms with Gasteiger partial charge in [0.2, 0.25) is 0 Å². The minimum absolute atomic E-state index is 0.282. The summed E-state index contributed by atoms with van der Waals surface area (Å²) in [7, 11) is -4.41. The van der Waals surface area contributed by atoms with E-state index in [1.807, 2.05) is 0 Å². The van der Waals surface area contributed by atoms with E-state index in [0.717, 1.165) is 0 Å². The summed E-state index contributed by atoms with van der Waals surface area (Å²) in [4.78, 5) is 70.8. The van der Waals surface area contributed by atoms with Crippen LogP contribution >= 0.6 is 7.60 Å². The van der Waals surface area contributed by atoms with Crippen LogP contribution in [-0.2, 0) is 25.5 Å². The fraction of sp³-hybridized carbons (Fsp3) is 0.545. The van der Waals surface area contributed by atoms with E-state index in [-0.39, 0.29) is 13.0 Å². The summed E-state index contributed by atoms with van der Waals surface area (Å²) in [5.74, 6) is -6.12. The molecule has 0 saturated carbocycles. The minimum Gasteiger partial charge on any atom is -0.481 e. The first kappa shape index (κ1) is 24.3. The van der Waals surface area contributed by atoms with Gasteiger partial charge in [-0.05, 0) is 6.42 Å². The Morgan fingerprint density at radius 1 is 1.15 bits per heavy atom. The summed E-state index contributed by atoms with van der Waals surface area (Å²) < 4.78 is 15.3. The Kier molecular flexibility index (Phi) is 9.36. The van der Waals surface area contributed by atoms with E-state index in [0.29, 0.717) is 4.74 Å². The summed E-state index contributed by atoms with van der Waals surface area (Å²) in [5, 5.41) is 25.1. The van der Waals surface area contributed by atoms with Crippen LogP contribution in [0.1, 0.15) is 12.8 Å². The SMILES string of the molecule is N[C@@H](Cn1oc(=O)[nH]c1=O)C(=O)O.O=C(O)CCC(CP(=O)(O)O)C(=O)O. The third kappa shape index (κ3) is 10.8. The van der Waals surface area contributed by atoms with Crippen molar-refractivity contribution in [2.45, 2.75) is 25.4 Å². The van der Waals surface area contributed by atoms with E-state index in [1.165, 1.54) is 0 Å². The lowest BCUT2D eigenvalue weighted by atomic mass is 10.1. The molecule has 0 fully saturated rings. The Hall–Kier alpha value is -2.74. The third-order valence-corrected chi connectivity index (χ3v) is 3.74. The number of nitrogens with one attached hydrogen (secondary N) is 1. The maximum Gasteiger partial charge on any atom is 0.440 e. The lowest BCUT2D eigenvalue weighted by Gasteiger charge is -2.11. The average molecular weight is 415 g/mol. The zero-order valence-corrected chi connectivity index (χ0v) is 14.4. The Balaban J connectivity index is 0.000000501. The molecule has 15 nitrogen and oxygen atoms in total. The summed E-state index contributed by atoms with van der Waals surface area (Å²) in [6.07, 6.45) is -1.53. The number of nitrogens with two attached hydrogens (primary N) is 1. The Labute approximate surface area is 149 Å². The molecule has 154 valence electrons. The number of carbonyl (C=O) groups is 3. The summed E-state index contributed by atoms with van der Waals surface area (Å²) in [5.41, 5.74) is 4.27. The van der Waals surface area contributed by atoms with E-state index < -0.39 is 61.5 Å². The molecule has 1 rings (SSSR count). The topological polar surface area (TPSA) is 263 Å². The molecule has 27 heavy (non-hydrogen) atoms. The lowest BCUT2D eigenvalue weighted by molar-refractivity contribution is -0.142. The molecule has 16 heteroatoms. The number of aliphatic carboxylic acids is 3. The molecule has 0 aromatic carbocycles. The number of aromatic amines is 1. The first-order valence-electron chi connectivity index (χ1n) is 7.01. The first-order valence-corrected chi connectivity index (χ1v) is 8.80. The van der Waals surface area contributed by atoms with Crippen LogP contribution in [0, 0.1) is 5.92 Å². The van der Waals surface area contributed by atoms with E-state index in [1.54, 1.807) is 4.98 Å². The molecule has 0 spiro atoms. The second-order valence-corrected chi connectivity index (χ2v) is 6.82. The monoisotopic (exact) mass is 415 g/mol. The van der Waals surface area contributed by atoms with Crippen LogP contribution in [0.2, 0.25) is 0 Å². The maximum absolute atomic E-state index is 10.8. The van der Waals surface area contributed by atoms with Crippen molar-refractivity contribution in [2.75, 3.05) is 6.16 Å². The highest BCUT2D eigenvalue weighted by atomic mass is 31.2. The fourth-order valence-corrected chi connectivity index (χ4v) is 2.48. The van der Waals surface area contributed by atoms with E-state index in [4.69, 9.17) is 30.8 Å². The Morgan fingerprint density at radius 2 is 1.70 bits per heavy atom. The van der Waals surface area contributed by atoms with Crippen molar-refractivity contribution < 1.29 is 48.6 Å². The molecule has 0 aliphatic heterocycles. The van der Waals surface area contributed by atoms with Gasteiger partial charge in [-0.1, -0.05) is 0 Å². The molecule has 0 aliphatic carbocycles. The van der Waals surface area contributed by atoms with Crippen LogP contribution in [-0.4, -0.2) is 64.9 Å². The summed E-state index contributed by atoms with van der Waals surface area (Å²) >= 11 is 0. The Bertz CT molecular complexity index is 817. The van der Waals surface area contributed by atoms with Gasteiger partial charge < -0.3 is 35.4 Å². The third-order valence-electron chi connectivity index (χ3n) is 2.82. The molecule has 8 N–H and O–H groups in total. The van der Waals surface area contributed by atoms with Gasteiger partial charge in [-0.15, -0.1) is 4.74 Å². The zero-order valence-electron chi connectivity index (χ0n) is 13.5. The Morgan fingerprint density at radius 3 is 2.04 bits per heavy atom. The van der Waals surface area contributed by atoms with Crippen LogP contribution in [0.5, 0.6) is 0 Å². The average Bonchev–Trinajstić information content (AvgIpc) is 2.80. The second kappa shape index (κ2) is 10.4. The highest BCUT2D eigenvalue weighted by molar-refractivity contribution is 7.51. The molecule has 0 aliphatic rings. The van der Waals surface area contributed by atoms with Gasteiger partial charge in [0, 0.05) is 6.42 Å². The lowest BCUT2D eigenvalue weighted by Crippen LogP contribution is -2.37. The van der Waals surface area contributed by atoms with Crippen molar-refractivity contribution >= 4 is 25.5 Å². The van der Waals surface area contributed by atoms with E-state index >= 15 is 0 Å². The van der Waals surface area contributed by atoms with Crippen molar-refractivity contribution in [1.29, 1.82) is 0 Å². The van der Waals surface area contributed by atoms with Crippen LogP contribution in [0.3, 0.4) is 0 Å². The summed E-state index contributed by atoms with van der Waals surface area (Å²) in [6.45, 7) is -0.382. The normalized spacial score (nSPS) is 13.1. The van der Waals surface area contributed by atoms with Crippen molar-refractivity contribution in [3.8, 4) is 0 Å².